The van der Waals surface area contributed by atoms with E-state index in [0.717, 1.165) is 22.1 Å². The first-order valence-corrected chi connectivity index (χ1v) is 18.0. The number of rotatable bonds is 4. The van der Waals surface area contributed by atoms with Crippen LogP contribution >= 0.6 is 11.3 Å². The third-order valence-electron chi connectivity index (χ3n) is 10.2. The lowest BCUT2D eigenvalue weighted by atomic mass is 9.89. The molecule has 0 atom stereocenters. The van der Waals surface area contributed by atoms with Crippen molar-refractivity contribution in [2.24, 2.45) is 0 Å². The van der Waals surface area contributed by atoms with Crippen molar-refractivity contribution in [1.29, 1.82) is 0 Å². The molecule has 11 rings (SSSR count). The molecule has 51 heavy (non-hydrogen) atoms. The van der Waals surface area contributed by atoms with E-state index >= 15 is 0 Å². The summed E-state index contributed by atoms with van der Waals surface area (Å²) in [6.07, 6.45) is 0. The summed E-state index contributed by atoms with van der Waals surface area (Å²) in [5.41, 5.74) is 10.6. The minimum atomic E-state index is 0.653. The van der Waals surface area contributed by atoms with Crippen molar-refractivity contribution >= 4 is 53.1 Å². The predicted octanol–water partition coefficient (Wildman–Crippen LogP) is 12.9. The van der Waals surface area contributed by atoms with Gasteiger partial charge in [-0.2, -0.15) is 0 Å². The molecule has 1 aliphatic carbocycles. The Kier molecular flexibility index (Phi) is 6.12. The maximum atomic E-state index is 5.08. The van der Waals surface area contributed by atoms with Gasteiger partial charge in [-0.15, -0.1) is 11.3 Å². The standard InChI is InChI=1S/C47H27N3S/c1-2-11-31(12-3-1)45-48-46(50-47(49-45)34-25-20-28-10-4-5-13-33(28)26-34)32-23-21-30(22-24-32)42-43-37-18-9-15-29-14-8-17-35(41(29)37)38(43)27-40-44(42)36-16-6-7-19-39(36)51-40/h1-27H. The molecule has 0 N–H and O–H groups in total. The Morgan fingerprint density at radius 3 is 1.75 bits per heavy atom. The van der Waals surface area contributed by atoms with Crippen LogP contribution in [0.15, 0.2) is 164 Å². The molecule has 0 radical (unpaired) electrons. The van der Waals surface area contributed by atoms with Crippen molar-refractivity contribution in [2.45, 2.75) is 0 Å². The molecule has 2 heterocycles. The van der Waals surface area contributed by atoms with Gasteiger partial charge in [0.05, 0.1) is 0 Å². The highest BCUT2D eigenvalue weighted by Crippen LogP contribution is 2.55. The van der Waals surface area contributed by atoms with Crippen LogP contribution in [-0.2, 0) is 0 Å². The molecule has 2 aromatic heterocycles. The summed E-state index contributed by atoms with van der Waals surface area (Å²) in [5.74, 6) is 1.97. The van der Waals surface area contributed by atoms with Gasteiger partial charge in [-0.3, -0.25) is 0 Å². The van der Waals surface area contributed by atoms with Gasteiger partial charge in [-0.1, -0.05) is 146 Å². The van der Waals surface area contributed by atoms with E-state index in [9.17, 15) is 0 Å². The lowest BCUT2D eigenvalue weighted by molar-refractivity contribution is 1.07. The van der Waals surface area contributed by atoms with Crippen LogP contribution < -0.4 is 0 Å². The van der Waals surface area contributed by atoms with Gasteiger partial charge < -0.3 is 0 Å². The first-order valence-electron chi connectivity index (χ1n) is 17.2. The summed E-state index contributed by atoms with van der Waals surface area (Å²) in [7, 11) is 0. The van der Waals surface area contributed by atoms with E-state index in [1.165, 1.54) is 69.7 Å². The second-order valence-electron chi connectivity index (χ2n) is 13.2. The molecule has 0 saturated heterocycles. The topological polar surface area (TPSA) is 38.7 Å². The highest BCUT2D eigenvalue weighted by molar-refractivity contribution is 7.26. The van der Waals surface area contributed by atoms with Crippen LogP contribution in [0.4, 0.5) is 0 Å². The van der Waals surface area contributed by atoms with Crippen molar-refractivity contribution in [3.05, 3.63) is 164 Å². The number of fused-ring (bicyclic) bond motifs is 7. The van der Waals surface area contributed by atoms with Crippen molar-refractivity contribution in [3.8, 4) is 67.5 Å². The molecular formula is C47H27N3S. The van der Waals surface area contributed by atoms with Gasteiger partial charge in [0.25, 0.3) is 0 Å². The molecule has 0 bridgehead atoms. The Morgan fingerprint density at radius 1 is 0.333 bits per heavy atom. The van der Waals surface area contributed by atoms with Crippen LogP contribution in [0.2, 0.25) is 0 Å². The van der Waals surface area contributed by atoms with E-state index in [0.29, 0.717) is 17.5 Å². The molecule has 3 nitrogen and oxygen atoms in total. The van der Waals surface area contributed by atoms with Gasteiger partial charge in [-0.05, 0) is 73.1 Å². The molecule has 0 fully saturated rings. The maximum Gasteiger partial charge on any atom is 0.164 e. The number of nitrogens with zero attached hydrogens (tertiary/aromatic N) is 3. The minimum Gasteiger partial charge on any atom is -0.208 e. The summed E-state index contributed by atoms with van der Waals surface area (Å²) in [4.78, 5) is 15.1. The Hall–Kier alpha value is -6.49. The van der Waals surface area contributed by atoms with Crippen LogP contribution in [0.3, 0.4) is 0 Å². The first-order chi connectivity index (χ1) is 25.3. The number of aromatic nitrogens is 3. The molecule has 0 aliphatic heterocycles. The van der Waals surface area contributed by atoms with E-state index in [2.05, 4.69) is 146 Å². The summed E-state index contributed by atoms with van der Waals surface area (Å²) in [6.45, 7) is 0. The van der Waals surface area contributed by atoms with Crippen LogP contribution in [0.5, 0.6) is 0 Å². The Balaban J connectivity index is 1.11. The SMILES string of the molecule is c1ccc(-c2nc(-c3ccc(-c4c5c(cc6sc7ccccc7c46)-c4cccc6cccc-5c46)cc3)nc(-c3ccc4ccccc4c3)n2)cc1. The normalized spacial score (nSPS) is 11.9. The monoisotopic (exact) mass is 665 g/mol. The van der Waals surface area contributed by atoms with Gasteiger partial charge in [0, 0.05) is 36.9 Å². The van der Waals surface area contributed by atoms with Crippen molar-refractivity contribution in [3.63, 3.8) is 0 Å². The third-order valence-corrected chi connectivity index (χ3v) is 11.4. The van der Waals surface area contributed by atoms with E-state index in [1.54, 1.807) is 0 Å². The summed E-state index contributed by atoms with van der Waals surface area (Å²) < 4.78 is 2.62. The fourth-order valence-electron chi connectivity index (χ4n) is 7.91. The number of hydrogen-bond donors (Lipinski definition) is 0. The molecule has 8 aromatic carbocycles. The smallest absolute Gasteiger partial charge is 0.164 e. The second-order valence-corrected chi connectivity index (χ2v) is 14.3. The lowest BCUT2D eigenvalue weighted by Crippen LogP contribution is -2.00. The molecule has 0 spiro atoms. The maximum absolute atomic E-state index is 5.08. The predicted molar refractivity (Wildman–Crippen MR) is 214 cm³/mol. The summed E-state index contributed by atoms with van der Waals surface area (Å²) in [6, 6.07) is 58.4. The quantitative estimate of drug-likeness (QED) is 0.188. The highest BCUT2D eigenvalue weighted by Gasteiger charge is 2.28. The molecule has 0 unspecified atom stereocenters. The van der Waals surface area contributed by atoms with Crippen molar-refractivity contribution in [1.82, 2.24) is 15.0 Å². The summed E-state index contributed by atoms with van der Waals surface area (Å²) in [5, 5.41) is 7.58. The molecule has 0 amide bonds. The van der Waals surface area contributed by atoms with Crippen molar-refractivity contribution < 1.29 is 0 Å². The average Bonchev–Trinajstić information content (AvgIpc) is 3.73. The average molecular weight is 666 g/mol. The highest BCUT2D eigenvalue weighted by atomic mass is 32.1. The van der Waals surface area contributed by atoms with Crippen LogP contribution in [0.25, 0.3) is 109 Å². The number of thiophene rings is 1. The molecule has 0 saturated carbocycles. The molecule has 4 heteroatoms. The van der Waals surface area contributed by atoms with E-state index in [-0.39, 0.29) is 0 Å². The first kappa shape index (κ1) is 28.4. The van der Waals surface area contributed by atoms with Gasteiger partial charge in [0.15, 0.2) is 17.5 Å². The fourth-order valence-corrected chi connectivity index (χ4v) is 9.06. The van der Waals surface area contributed by atoms with Gasteiger partial charge in [0.2, 0.25) is 0 Å². The van der Waals surface area contributed by atoms with Crippen LogP contribution in [0.1, 0.15) is 0 Å². The van der Waals surface area contributed by atoms with Crippen LogP contribution in [-0.4, -0.2) is 15.0 Å². The number of hydrogen-bond acceptors (Lipinski definition) is 4. The third kappa shape index (κ3) is 4.40. The Bertz CT molecular complexity index is 3010. The summed E-state index contributed by atoms with van der Waals surface area (Å²) >= 11 is 1.88. The van der Waals surface area contributed by atoms with E-state index < -0.39 is 0 Å². The Labute approximate surface area is 298 Å². The van der Waals surface area contributed by atoms with Gasteiger partial charge in [-0.25, -0.2) is 15.0 Å². The second kappa shape index (κ2) is 11.0. The number of benzene rings is 8. The minimum absolute atomic E-state index is 0.653. The Morgan fingerprint density at radius 2 is 0.941 bits per heavy atom. The fraction of sp³-hybridized carbons (Fsp3) is 0. The molecule has 236 valence electrons. The molecule has 10 aromatic rings. The van der Waals surface area contributed by atoms with Gasteiger partial charge in [0.1, 0.15) is 0 Å². The zero-order valence-corrected chi connectivity index (χ0v) is 28.2. The van der Waals surface area contributed by atoms with Crippen LogP contribution in [0, 0.1) is 0 Å². The zero-order chi connectivity index (χ0) is 33.5. The van der Waals surface area contributed by atoms with E-state index in [4.69, 9.17) is 15.0 Å². The zero-order valence-electron chi connectivity index (χ0n) is 27.3. The molecular weight excluding hydrogens is 639 g/mol. The van der Waals surface area contributed by atoms with E-state index in [1.807, 2.05) is 29.5 Å². The van der Waals surface area contributed by atoms with Crippen molar-refractivity contribution in [2.75, 3.05) is 0 Å². The largest absolute Gasteiger partial charge is 0.208 e. The molecule has 1 aliphatic rings. The lowest BCUT2D eigenvalue weighted by Gasteiger charge is -2.14. The van der Waals surface area contributed by atoms with Gasteiger partial charge >= 0.3 is 0 Å².